The molecule has 6 heteroatoms. The molecule has 0 saturated carbocycles. The van der Waals surface area contributed by atoms with Gasteiger partial charge in [0.05, 0.1) is 0 Å². The van der Waals surface area contributed by atoms with Crippen LogP contribution in [0.2, 0.25) is 0 Å². The van der Waals surface area contributed by atoms with Crippen molar-refractivity contribution in [1.82, 2.24) is 0 Å². The van der Waals surface area contributed by atoms with Crippen LogP contribution in [0.1, 0.15) is 279 Å². The van der Waals surface area contributed by atoms with Gasteiger partial charge in [0.15, 0.2) is 6.10 Å². The van der Waals surface area contributed by atoms with Gasteiger partial charge in [-0.2, -0.15) is 0 Å². The van der Waals surface area contributed by atoms with Gasteiger partial charge in [0.25, 0.3) is 0 Å². The molecule has 0 saturated heterocycles. The van der Waals surface area contributed by atoms with Gasteiger partial charge in [0.1, 0.15) is 13.2 Å². The number of unbranched alkanes of at least 4 members (excludes halogenated alkanes) is 29. The molecule has 0 radical (unpaired) electrons. The second-order valence-electron chi connectivity index (χ2n) is 18.2. The summed E-state index contributed by atoms with van der Waals surface area (Å²) in [5, 5.41) is 0. The van der Waals surface area contributed by atoms with Crippen LogP contribution in [0.15, 0.2) is 0 Å². The smallest absolute Gasteiger partial charge is 0.306 e. The Bertz CT molecular complexity index is 872. The summed E-state index contributed by atoms with van der Waals surface area (Å²) in [6.07, 6.45) is 43.9. The molecule has 0 aromatic heterocycles. The first-order valence-electron chi connectivity index (χ1n) is 25.3. The van der Waals surface area contributed by atoms with E-state index in [1.54, 1.807) is 0 Å². The van der Waals surface area contributed by atoms with Crippen molar-refractivity contribution in [3.8, 4) is 0 Å². The van der Waals surface area contributed by atoms with E-state index in [0.29, 0.717) is 19.3 Å². The van der Waals surface area contributed by atoms with Crippen molar-refractivity contribution in [3.63, 3.8) is 0 Å². The Balaban J connectivity index is 4.21. The zero-order valence-corrected chi connectivity index (χ0v) is 39.0. The predicted molar refractivity (Wildman–Crippen MR) is 243 cm³/mol. The number of carbonyl (C=O) groups is 3. The Kier molecular flexibility index (Phi) is 42.7. The molecular formula is C51H98O6. The van der Waals surface area contributed by atoms with Crippen molar-refractivity contribution in [2.75, 3.05) is 13.2 Å². The summed E-state index contributed by atoms with van der Waals surface area (Å²) in [4.78, 5) is 37.8. The first-order valence-corrected chi connectivity index (χ1v) is 25.3. The lowest BCUT2D eigenvalue weighted by Crippen LogP contribution is -2.30. The molecule has 0 heterocycles. The Morgan fingerprint density at radius 2 is 0.667 bits per heavy atom. The van der Waals surface area contributed by atoms with Crippen molar-refractivity contribution in [2.24, 2.45) is 11.8 Å². The van der Waals surface area contributed by atoms with Crippen molar-refractivity contribution >= 4 is 17.9 Å². The van der Waals surface area contributed by atoms with E-state index in [0.717, 1.165) is 69.6 Å². The van der Waals surface area contributed by atoms with Crippen LogP contribution in [0, 0.1) is 11.8 Å². The third kappa shape index (κ3) is 43.8. The molecule has 2 atom stereocenters. The molecule has 0 aliphatic carbocycles. The molecule has 0 aromatic rings. The fourth-order valence-electron chi connectivity index (χ4n) is 7.60. The normalized spacial score (nSPS) is 12.5. The molecule has 338 valence electrons. The maximum atomic E-state index is 12.7. The predicted octanol–water partition coefficient (Wildman–Crippen LogP) is 16.1. The molecule has 0 rings (SSSR count). The lowest BCUT2D eigenvalue weighted by Gasteiger charge is -2.18. The van der Waals surface area contributed by atoms with Crippen LogP contribution in [0.5, 0.6) is 0 Å². The second kappa shape index (κ2) is 44.0. The first-order chi connectivity index (χ1) is 27.8. The molecule has 6 nitrogen and oxygen atoms in total. The highest BCUT2D eigenvalue weighted by Gasteiger charge is 2.19. The lowest BCUT2D eigenvalue weighted by atomic mass is 10.00. The van der Waals surface area contributed by atoms with Crippen molar-refractivity contribution in [2.45, 2.75) is 285 Å². The molecule has 0 aliphatic heterocycles. The summed E-state index contributed by atoms with van der Waals surface area (Å²) in [6, 6.07) is 0. The largest absolute Gasteiger partial charge is 0.462 e. The molecule has 0 spiro atoms. The van der Waals surface area contributed by atoms with E-state index in [1.807, 2.05) is 0 Å². The molecule has 0 amide bonds. The van der Waals surface area contributed by atoms with Crippen LogP contribution in [0.4, 0.5) is 0 Å². The summed E-state index contributed by atoms with van der Waals surface area (Å²) >= 11 is 0. The number of rotatable bonds is 45. The molecule has 57 heavy (non-hydrogen) atoms. The maximum Gasteiger partial charge on any atom is 0.306 e. The summed E-state index contributed by atoms with van der Waals surface area (Å²) in [6.45, 7) is 11.3. The number of carbonyl (C=O) groups excluding carboxylic acids is 3. The van der Waals surface area contributed by atoms with Gasteiger partial charge >= 0.3 is 17.9 Å². The Labute approximate surface area is 355 Å². The standard InChI is InChI=1S/C51H98O6/c1-6-8-9-10-11-12-13-14-15-16-17-18-19-20-21-22-25-31-36-41-49(52)55-44-48(57-51(54)43-38-33-28-27-30-35-40-47(5)7-2)45-56-50(53)42-37-32-26-23-24-29-34-39-46(3)4/h46-48H,6-45H2,1-5H3/t47?,48-/m1/s1. The van der Waals surface area contributed by atoms with Crippen molar-refractivity contribution < 1.29 is 28.6 Å². The van der Waals surface area contributed by atoms with Gasteiger partial charge in [0, 0.05) is 19.3 Å². The van der Waals surface area contributed by atoms with E-state index in [4.69, 9.17) is 14.2 Å². The van der Waals surface area contributed by atoms with Crippen LogP contribution < -0.4 is 0 Å². The molecule has 0 fully saturated rings. The monoisotopic (exact) mass is 807 g/mol. The summed E-state index contributed by atoms with van der Waals surface area (Å²) < 4.78 is 16.7. The van der Waals surface area contributed by atoms with E-state index < -0.39 is 6.10 Å². The summed E-state index contributed by atoms with van der Waals surface area (Å²) in [7, 11) is 0. The SMILES string of the molecule is CCCCCCCCCCCCCCCCCCCCCC(=O)OC[C@H](COC(=O)CCCCCCCCCC(C)C)OC(=O)CCCCCCCCC(C)CC. The molecule has 0 aromatic carbocycles. The quantitative estimate of drug-likeness (QED) is 0.0346. The zero-order valence-electron chi connectivity index (χ0n) is 39.0. The summed E-state index contributed by atoms with van der Waals surface area (Å²) in [5.41, 5.74) is 0. The van der Waals surface area contributed by atoms with Crippen LogP contribution in [0.3, 0.4) is 0 Å². The lowest BCUT2D eigenvalue weighted by molar-refractivity contribution is -0.167. The van der Waals surface area contributed by atoms with Crippen LogP contribution in [-0.4, -0.2) is 37.2 Å². The molecule has 1 unspecified atom stereocenters. The Hall–Kier alpha value is -1.59. The zero-order chi connectivity index (χ0) is 41.9. The minimum atomic E-state index is -0.762. The number of ether oxygens (including phenoxy) is 3. The average molecular weight is 807 g/mol. The highest BCUT2D eigenvalue weighted by molar-refractivity contribution is 5.71. The summed E-state index contributed by atoms with van der Waals surface area (Å²) in [5.74, 6) is 0.733. The van der Waals surface area contributed by atoms with Crippen LogP contribution in [0.25, 0.3) is 0 Å². The molecule has 0 N–H and O–H groups in total. The Morgan fingerprint density at radius 1 is 0.368 bits per heavy atom. The van der Waals surface area contributed by atoms with E-state index in [2.05, 4.69) is 34.6 Å². The van der Waals surface area contributed by atoms with Gasteiger partial charge in [-0.25, -0.2) is 0 Å². The molecular weight excluding hydrogens is 709 g/mol. The Morgan fingerprint density at radius 3 is 1.00 bits per heavy atom. The second-order valence-corrected chi connectivity index (χ2v) is 18.2. The van der Waals surface area contributed by atoms with E-state index >= 15 is 0 Å². The van der Waals surface area contributed by atoms with Gasteiger partial charge in [-0.1, -0.05) is 240 Å². The minimum absolute atomic E-state index is 0.0655. The van der Waals surface area contributed by atoms with Crippen LogP contribution in [-0.2, 0) is 28.6 Å². The fraction of sp³-hybridized carbons (Fsp3) is 0.941. The molecule has 0 bridgehead atoms. The third-order valence-corrected chi connectivity index (χ3v) is 11.8. The number of hydrogen-bond donors (Lipinski definition) is 0. The van der Waals surface area contributed by atoms with E-state index in [-0.39, 0.29) is 31.1 Å². The minimum Gasteiger partial charge on any atom is -0.462 e. The highest BCUT2D eigenvalue weighted by atomic mass is 16.6. The highest BCUT2D eigenvalue weighted by Crippen LogP contribution is 2.17. The third-order valence-electron chi connectivity index (χ3n) is 11.8. The van der Waals surface area contributed by atoms with Gasteiger partial charge < -0.3 is 14.2 Å². The van der Waals surface area contributed by atoms with Crippen LogP contribution >= 0.6 is 0 Å². The van der Waals surface area contributed by atoms with E-state index in [9.17, 15) is 14.4 Å². The van der Waals surface area contributed by atoms with Gasteiger partial charge in [-0.3, -0.25) is 14.4 Å². The van der Waals surface area contributed by atoms with Gasteiger partial charge in [-0.05, 0) is 31.1 Å². The van der Waals surface area contributed by atoms with Gasteiger partial charge in [0.2, 0.25) is 0 Å². The van der Waals surface area contributed by atoms with Gasteiger partial charge in [-0.15, -0.1) is 0 Å². The van der Waals surface area contributed by atoms with E-state index in [1.165, 1.54) is 167 Å². The molecule has 0 aliphatic rings. The van der Waals surface area contributed by atoms with Crippen molar-refractivity contribution in [1.29, 1.82) is 0 Å². The van der Waals surface area contributed by atoms with Crippen molar-refractivity contribution in [3.05, 3.63) is 0 Å². The average Bonchev–Trinajstić information content (AvgIpc) is 3.19. The topological polar surface area (TPSA) is 78.9 Å². The maximum absolute atomic E-state index is 12.7. The first kappa shape index (κ1) is 55.4. The number of hydrogen-bond acceptors (Lipinski definition) is 6. The fourth-order valence-corrected chi connectivity index (χ4v) is 7.60. The number of esters is 3.